The van der Waals surface area contributed by atoms with E-state index >= 15 is 0 Å². The van der Waals surface area contributed by atoms with Crippen LogP contribution < -0.4 is 16.4 Å². The average molecular weight is 163 g/mol. The van der Waals surface area contributed by atoms with Crippen molar-refractivity contribution in [2.24, 2.45) is 5.73 Å². The number of para-hydroxylation sites is 2. The van der Waals surface area contributed by atoms with Crippen LogP contribution >= 0.6 is 0 Å². The molecule has 0 aromatic heterocycles. The van der Waals surface area contributed by atoms with E-state index in [0.717, 1.165) is 11.4 Å². The molecule has 0 unspecified atom stereocenters. The minimum atomic E-state index is -0.639. The number of hydrogen-bond donors (Lipinski definition) is 3. The molecule has 4 N–H and O–H groups in total. The summed E-state index contributed by atoms with van der Waals surface area (Å²) in [6.45, 7) is 0. The van der Waals surface area contributed by atoms with Crippen molar-refractivity contribution in [3.8, 4) is 0 Å². The zero-order valence-corrected chi connectivity index (χ0v) is 6.37. The molecule has 0 spiro atoms. The van der Waals surface area contributed by atoms with Gasteiger partial charge in [-0.25, -0.2) is 0 Å². The molecule has 1 atom stereocenters. The van der Waals surface area contributed by atoms with Crippen LogP contribution in [0.25, 0.3) is 0 Å². The molecule has 0 fully saturated rings. The van der Waals surface area contributed by atoms with Crippen LogP contribution in [0.3, 0.4) is 0 Å². The van der Waals surface area contributed by atoms with E-state index in [2.05, 4.69) is 10.6 Å². The van der Waals surface area contributed by atoms with Gasteiger partial charge >= 0.3 is 0 Å². The summed E-state index contributed by atoms with van der Waals surface area (Å²) < 4.78 is 0. The van der Waals surface area contributed by atoms with E-state index in [9.17, 15) is 4.79 Å². The molecule has 0 saturated carbocycles. The monoisotopic (exact) mass is 163 g/mol. The van der Waals surface area contributed by atoms with Crippen molar-refractivity contribution >= 4 is 17.3 Å². The summed E-state index contributed by atoms with van der Waals surface area (Å²) in [7, 11) is 0. The molecule has 1 aliphatic heterocycles. The number of amides is 1. The molecule has 1 amide bonds. The molecule has 2 rings (SSSR count). The normalized spacial score (nSPS) is 20.8. The number of nitrogens with one attached hydrogen (secondary N) is 2. The molecule has 0 radical (unpaired) electrons. The largest absolute Gasteiger partial charge is 0.360 e. The number of fused-ring (bicyclic) bond motifs is 1. The molecule has 1 aromatic carbocycles. The lowest BCUT2D eigenvalue weighted by atomic mass is 10.2. The smallest absolute Gasteiger partial charge is 0.261 e. The van der Waals surface area contributed by atoms with Crippen LogP contribution in [-0.4, -0.2) is 12.1 Å². The van der Waals surface area contributed by atoms with E-state index < -0.39 is 6.17 Å². The van der Waals surface area contributed by atoms with Crippen molar-refractivity contribution in [2.45, 2.75) is 6.17 Å². The zero-order chi connectivity index (χ0) is 8.55. The van der Waals surface area contributed by atoms with Gasteiger partial charge in [-0.05, 0) is 12.1 Å². The fourth-order valence-corrected chi connectivity index (χ4v) is 1.16. The Morgan fingerprint density at radius 2 is 1.92 bits per heavy atom. The van der Waals surface area contributed by atoms with Crippen LogP contribution in [0.1, 0.15) is 0 Å². The van der Waals surface area contributed by atoms with Crippen molar-refractivity contribution in [3.63, 3.8) is 0 Å². The van der Waals surface area contributed by atoms with Crippen LogP contribution in [0.5, 0.6) is 0 Å². The van der Waals surface area contributed by atoms with E-state index in [1.54, 1.807) is 0 Å². The van der Waals surface area contributed by atoms with Crippen LogP contribution in [-0.2, 0) is 4.79 Å². The summed E-state index contributed by atoms with van der Waals surface area (Å²) in [6.07, 6.45) is -0.639. The number of benzene rings is 1. The highest BCUT2D eigenvalue weighted by atomic mass is 16.2. The van der Waals surface area contributed by atoms with Crippen molar-refractivity contribution in [2.75, 3.05) is 10.6 Å². The number of carbonyl (C=O) groups is 1. The molecule has 1 aromatic rings. The maximum Gasteiger partial charge on any atom is 0.261 e. The summed E-state index contributed by atoms with van der Waals surface area (Å²) in [5, 5.41) is 5.56. The molecule has 4 heteroatoms. The Bertz CT molecular complexity index is 324. The number of rotatable bonds is 0. The molecular formula is C8H9N3O. The maximum absolute atomic E-state index is 11.1. The lowest BCUT2D eigenvalue weighted by Gasteiger charge is -2.23. The summed E-state index contributed by atoms with van der Waals surface area (Å²) >= 11 is 0. The van der Waals surface area contributed by atoms with Gasteiger partial charge in [0, 0.05) is 0 Å². The second-order valence-electron chi connectivity index (χ2n) is 2.66. The highest BCUT2D eigenvalue weighted by molar-refractivity contribution is 6.02. The van der Waals surface area contributed by atoms with Crippen LogP contribution in [0.15, 0.2) is 24.3 Å². The fraction of sp³-hybridized carbons (Fsp3) is 0.125. The Balaban J connectivity index is 2.40. The van der Waals surface area contributed by atoms with Gasteiger partial charge in [-0.2, -0.15) is 0 Å². The minimum Gasteiger partial charge on any atom is -0.360 e. The van der Waals surface area contributed by atoms with E-state index in [1.807, 2.05) is 24.3 Å². The van der Waals surface area contributed by atoms with E-state index in [-0.39, 0.29) is 5.91 Å². The third kappa shape index (κ3) is 1.02. The molecule has 1 aliphatic rings. The van der Waals surface area contributed by atoms with Gasteiger partial charge < -0.3 is 16.4 Å². The van der Waals surface area contributed by atoms with E-state index in [4.69, 9.17) is 5.73 Å². The highest BCUT2D eigenvalue weighted by Gasteiger charge is 2.20. The van der Waals surface area contributed by atoms with Crippen molar-refractivity contribution < 1.29 is 4.79 Å². The lowest BCUT2D eigenvalue weighted by molar-refractivity contribution is -0.117. The first-order valence-electron chi connectivity index (χ1n) is 3.69. The van der Waals surface area contributed by atoms with Crippen LogP contribution in [0.2, 0.25) is 0 Å². The number of carbonyl (C=O) groups excluding carboxylic acids is 1. The lowest BCUT2D eigenvalue weighted by Crippen LogP contribution is -2.45. The first kappa shape index (κ1) is 7.12. The first-order chi connectivity index (χ1) is 5.77. The number of nitrogens with two attached hydrogens (primary N) is 1. The second kappa shape index (κ2) is 2.49. The Kier molecular flexibility index (Phi) is 1.48. The van der Waals surface area contributed by atoms with Gasteiger partial charge in [0.05, 0.1) is 11.4 Å². The molecule has 62 valence electrons. The minimum absolute atomic E-state index is 0.200. The molecule has 12 heavy (non-hydrogen) atoms. The molecule has 4 nitrogen and oxygen atoms in total. The predicted molar refractivity (Wildman–Crippen MR) is 46.7 cm³/mol. The van der Waals surface area contributed by atoms with E-state index in [0.29, 0.717) is 0 Å². The summed E-state index contributed by atoms with van der Waals surface area (Å²) in [6, 6.07) is 7.44. The Morgan fingerprint density at radius 1 is 1.25 bits per heavy atom. The first-order valence-corrected chi connectivity index (χ1v) is 3.69. The summed E-state index contributed by atoms with van der Waals surface area (Å²) in [5.74, 6) is -0.200. The van der Waals surface area contributed by atoms with Crippen molar-refractivity contribution in [1.82, 2.24) is 0 Å². The standard InChI is InChI=1S/C8H9N3O/c9-7-8(12)11-6-4-2-1-3-5(6)10-7/h1-4,7,10H,9H2,(H,11,12)/t7-/m1/s1. The molecule has 0 saturated heterocycles. The quantitative estimate of drug-likeness (QED) is 0.516. The van der Waals surface area contributed by atoms with Crippen LogP contribution in [0.4, 0.5) is 11.4 Å². The molecule has 1 heterocycles. The van der Waals surface area contributed by atoms with Gasteiger partial charge in [-0.15, -0.1) is 0 Å². The Labute approximate surface area is 69.8 Å². The van der Waals surface area contributed by atoms with E-state index in [1.165, 1.54) is 0 Å². The topological polar surface area (TPSA) is 67.2 Å². The Hall–Kier alpha value is -1.55. The van der Waals surface area contributed by atoms with Gasteiger partial charge in [0.15, 0.2) is 6.17 Å². The molecule has 0 aliphatic carbocycles. The fourth-order valence-electron chi connectivity index (χ4n) is 1.16. The van der Waals surface area contributed by atoms with Crippen LogP contribution in [0, 0.1) is 0 Å². The van der Waals surface area contributed by atoms with Gasteiger partial charge in [0.2, 0.25) is 0 Å². The highest BCUT2D eigenvalue weighted by Crippen LogP contribution is 2.24. The molecule has 0 bridgehead atoms. The van der Waals surface area contributed by atoms with Gasteiger partial charge in [-0.3, -0.25) is 4.79 Å². The SMILES string of the molecule is N[C@@H]1Nc2ccccc2NC1=O. The number of hydrogen-bond acceptors (Lipinski definition) is 3. The molecular weight excluding hydrogens is 154 g/mol. The maximum atomic E-state index is 11.1. The van der Waals surface area contributed by atoms with Gasteiger partial charge in [0.1, 0.15) is 0 Å². The zero-order valence-electron chi connectivity index (χ0n) is 6.37. The van der Waals surface area contributed by atoms with Crippen molar-refractivity contribution in [1.29, 1.82) is 0 Å². The summed E-state index contributed by atoms with van der Waals surface area (Å²) in [5.41, 5.74) is 7.12. The summed E-state index contributed by atoms with van der Waals surface area (Å²) in [4.78, 5) is 11.1. The predicted octanol–water partition coefficient (Wildman–Crippen LogP) is 0.335. The Morgan fingerprint density at radius 3 is 2.67 bits per heavy atom. The second-order valence-corrected chi connectivity index (χ2v) is 2.66. The number of anilines is 2. The third-order valence-electron chi connectivity index (χ3n) is 1.78. The van der Waals surface area contributed by atoms with Gasteiger partial charge in [0.25, 0.3) is 5.91 Å². The van der Waals surface area contributed by atoms with Crippen molar-refractivity contribution in [3.05, 3.63) is 24.3 Å². The average Bonchev–Trinajstić information content (AvgIpc) is 2.07. The van der Waals surface area contributed by atoms with Gasteiger partial charge in [-0.1, -0.05) is 12.1 Å². The third-order valence-corrected chi connectivity index (χ3v) is 1.78.